The first-order valence-corrected chi connectivity index (χ1v) is 7.26. The van der Waals surface area contributed by atoms with E-state index < -0.39 is 0 Å². The zero-order chi connectivity index (χ0) is 14.4. The number of carbonyl (C=O) groups is 2. The van der Waals surface area contributed by atoms with E-state index in [0.717, 1.165) is 6.42 Å². The summed E-state index contributed by atoms with van der Waals surface area (Å²) in [5.74, 6) is 0.509. The molecule has 19 heavy (non-hydrogen) atoms. The van der Waals surface area contributed by atoms with Crippen LogP contribution >= 0.6 is 11.3 Å². The van der Waals surface area contributed by atoms with Crippen LogP contribution in [0.3, 0.4) is 0 Å². The number of hydrogen-bond acceptors (Lipinski definition) is 5. The summed E-state index contributed by atoms with van der Waals surface area (Å²) in [7, 11) is 0. The Balaban J connectivity index is 2.51. The highest BCUT2D eigenvalue weighted by atomic mass is 32.1. The number of nitrogens with one attached hydrogen (secondary N) is 1. The molecular formula is C13H21N3O2S. The van der Waals surface area contributed by atoms with Gasteiger partial charge in [0, 0.05) is 18.7 Å². The quantitative estimate of drug-likeness (QED) is 0.752. The third-order valence-corrected chi connectivity index (χ3v) is 3.48. The Morgan fingerprint density at radius 1 is 1.47 bits per heavy atom. The summed E-state index contributed by atoms with van der Waals surface area (Å²) in [6.07, 6.45) is 1.32. The van der Waals surface area contributed by atoms with Crippen molar-refractivity contribution < 1.29 is 9.59 Å². The molecule has 0 saturated heterocycles. The van der Waals surface area contributed by atoms with Gasteiger partial charge in [-0.3, -0.25) is 9.59 Å². The number of Topliss-reactive ketones (excluding diaryl/α,β-unsaturated/α-hetero) is 1. The van der Waals surface area contributed by atoms with Crippen LogP contribution in [-0.2, 0) is 4.79 Å². The van der Waals surface area contributed by atoms with Crippen molar-refractivity contribution >= 4 is 28.2 Å². The summed E-state index contributed by atoms with van der Waals surface area (Å²) >= 11 is 1.26. The molecule has 5 nitrogen and oxygen atoms in total. The maximum Gasteiger partial charge on any atom is 0.226 e. The Bertz CT molecular complexity index is 443. The average Bonchev–Trinajstić information content (AvgIpc) is 2.75. The van der Waals surface area contributed by atoms with Crippen LogP contribution < -0.4 is 11.1 Å². The van der Waals surface area contributed by atoms with Crippen LogP contribution in [-0.4, -0.2) is 23.2 Å². The van der Waals surface area contributed by atoms with Gasteiger partial charge in [0.05, 0.1) is 0 Å². The van der Waals surface area contributed by atoms with E-state index in [2.05, 4.69) is 24.1 Å². The first-order valence-electron chi connectivity index (χ1n) is 6.38. The normalized spacial score (nSPS) is 12.5. The zero-order valence-corrected chi connectivity index (χ0v) is 12.4. The standard InChI is InChI=1S/C13H21N3O2S/c1-8(2)4-10(6-14)5-12(18)16-13-15-11(7-19-13)9(3)17/h7-8,10H,4-6,14H2,1-3H3,(H,15,16,18). The van der Waals surface area contributed by atoms with Crippen LogP contribution in [0, 0.1) is 11.8 Å². The molecule has 0 fully saturated rings. The van der Waals surface area contributed by atoms with Crippen LogP contribution in [0.25, 0.3) is 0 Å². The molecule has 1 heterocycles. The predicted molar refractivity (Wildman–Crippen MR) is 77.4 cm³/mol. The fraction of sp³-hybridized carbons (Fsp3) is 0.615. The summed E-state index contributed by atoms with van der Waals surface area (Å²) in [6.45, 7) is 6.18. The van der Waals surface area contributed by atoms with Crippen LogP contribution in [0.5, 0.6) is 0 Å². The highest BCUT2D eigenvalue weighted by Gasteiger charge is 2.15. The highest BCUT2D eigenvalue weighted by molar-refractivity contribution is 7.14. The van der Waals surface area contributed by atoms with Crippen LogP contribution in [0.1, 0.15) is 44.1 Å². The van der Waals surface area contributed by atoms with Crippen LogP contribution in [0.15, 0.2) is 5.38 Å². The van der Waals surface area contributed by atoms with Crippen molar-refractivity contribution in [1.29, 1.82) is 0 Å². The first-order chi connectivity index (χ1) is 8.92. The smallest absolute Gasteiger partial charge is 0.226 e. The Hall–Kier alpha value is -1.27. The lowest BCUT2D eigenvalue weighted by atomic mass is 9.94. The van der Waals surface area contributed by atoms with Gasteiger partial charge >= 0.3 is 0 Å². The second-order valence-corrected chi connectivity index (χ2v) is 5.94. The van der Waals surface area contributed by atoms with E-state index in [0.29, 0.717) is 29.7 Å². The second-order valence-electron chi connectivity index (χ2n) is 5.08. The third-order valence-electron chi connectivity index (χ3n) is 2.72. The molecule has 1 aromatic heterocycles. The number of carbonyl (C=O) groups excluding carboxylic acids is 2. The molecule has 1 amide bonds. The molecule has 0 radical (unpaired) electrons. The second kappa shape index (κ2) is 7.35. The molecule has 1 atom stereocenters. The van der Waals surface area contributed by atoms with E-state index in [9.17, 15) is 9.59 Å². The number of anilines is 1. The van der Waals surface area contributed by atoms with Crippen molar-refractivity contribution in [3.05, 3.63) is 11.1 Å². The lowest BCUT2D eigenvalue weighted by Gasteiger charge is -2.15. The van der Waals surface area contributed by atoms with E-state index in [1.807, 2.05) is 0 Å². The van der Waals surface area contributed by atoms with E-state index in [4.69, 9.17) is 5.73 Å². The molecule has 0 aliphatic heterocycles. The molecule has 1 unspecified atom stereocenters. The molecule has 6 heteroatoms. The molecule has 0 aliphatic rings. The van der Waals surface area contributed by atoms with Crippen LogP contribution in [0.2, 0.25) is 0 Å². The highest BCUT2D eigenvalue weighted by Crippen LogP contribution is 2.18. The fourth-order valence-electron chi connectivity index (χ4n) is 1.85. The van der Waals surface area contributed by atoms with Crippen molar-refractivity contribution in [2.45, 2.75) is 33.6 Å². The Morgan fingerprint density at radius 2 is 2.16 bits per heavy atom. The molecular weight excluding hydrogens is 262 g/mol. The van der Waals surface area contributed by atoms with E-state index in [1.54, 1.807) is 5.38 Å². The number of nitrogens with zero attached hydrogens (tertiary/aromatic N) is 1. The number of amides is 1. The Labute approximate surface area is 117 Å². The minimum Gasteiger partial charge on any atom is -0.330 e. The average molecular weight is 283 g/mol. The lowest BCUT2D eigenvalue weighted by molar-refractivity contribution is -0.117. The summed E-state index contributed by atoms with van der Waals surface area (Å²) in [6, 6.07) is 0. The molecule has 0 saturated carbocycles. The minimum atomic E-state index is -0.101. The Morgan fingerprint density at radius 3 is 2.63 bits per heavy atom. The Kier molecular flexibility index (Phi) is 6.11. The largest absolute Gasteiger partial charge is 0.330 e. The first kappa shape index (κ1) is 15.8. The molecule has 1 aromatic rings. The summed E-state index contributed by atoms with van der Waals surface area (Å²) in [5, 5.41) is 4.83. The van der Waals surface area contributed by atoms with E-state index in [1.165, 1.54) is 18.3 Å². The summed E-state index contributed by atoms with van der Waals surface area (Å²) in [4.78, 5) is 27.0. The molecule has 0 aromatic carbocycles. The van der Waals surface area contributed by atoms with Gasteiger partial charge in [-0.25, -0.2) is 4.98 Å². The van der Waals surface area contributed by atoms with Gasteiger partial charge in [-0.2, -0.15) is 0 Å². The fourth-order valence-corrected chi connectivity index (χ4v) is 2.62. The van der Waals surface area contributed by atoms with Gasteiger partial charge in [-0.1, -0.05) is 13.8 Å². The van der Waals surface area contributed by atoms with Gasteiger partial charge in [-0.05, 0) is 24.8 Å². The predicted octanol–water partition coefficient (Wildman–Crippen LogP) is 2.30. The third kappa shape index (κ3) is 5.48. The number of hydrogen-bond donors (Lipinski definition) is 2. The van der Waals surface area contributed by atoms with Gasteiger partial charge in [0.25, 0.3) is 0 Å². The lowest BCUT2D eigenvalue weighted by Crippen LogP contribution is -2.23. The van der Waals surface area contributed by atoms with Gasteiger partial charge in [-0.15, -0.1) is 11.3 Å². The van der Waals surface area contributed by atoms with Crippen molar-refractivity contribution in [1.82, 2.24) is 4.98 Å². The van der Waals surface area contributed by atoms with E-state index >= 15 is 0 Å². The van der Waals surface area contributed by atoms with Gasteiger partial charge in [0.2, 0.25) is 5.91 Å². The molecule has 0 bridgehead atoms. The number of aromatic nitrogens is 1. The van der Waals surface area contributed by atoms with Crippen molar-refractivity contribution in [3.63, 3.8) is 0 Å². The zero-order valence-electron chi connectivity index (χ0n) is 11.6. The van der Waals surface area contributed by atoms with Crippen molar-refractivity contribution in [2.75, 3.05) is 11.9 Å². The van der Waals surface area contributed by atoms with Crippen molar-refractivity contribution in [3.8, 4) is 0 Å². The van der Waals surface area contributed by atoms with Crippen LogP contribution in [0.4, 0.5) is 5.13 Å². The molecule has 3 N–H and O–H groups in total. The number of ketones is 1. The maximum atomic E-state index is 11.9. The topological polar surface area (TPSA) is 85.1 Å². The van der Waals surface area contributed by atoms with Gasteiger partial charge in [0.1, 0.15) is 5.69 Å². The van der Waals surface area contributed by atoms with E-state index in [-0.39, 0.29) is 17.6 Å². The SMILES string of the molecule is CC(=O)c1csc(NC(=O)CC(CN)CC(C)C)n1. The maximum absolute atomic E-state index is 11.9. The number of thiazole rings is 1. The summed E-state index contributed by atoms with van der Waals surface area (Å²) in [5.41, 5.74) is 6.06. The minimum absolute atomic E-state index is 0.0967. The molecule has 0 spiro atoms. The molecule has 0 aliphatic carbocycles. The molecule has 1 rings (SSSR count). The van der Waals surface area contributed by atoms with Crippen molar-refractivity contribution in [2.24, 2.45) is 17.6 Å². The van der Waals surface area contributed by atoms with Gasteiger partial charge < -0.3 is 11.1 Å². The molecule has 106 valence electrons. The number of nitrogens with two attached hydrogens (primary N) is 1. The monoisotopic (exact) mass is 283 g/mol. The van der Waals surface area contributed by atoms with Gasteiger partial charge in [0.15, 0.2) is 10.9 Å². The number of rotatable bonds is 7. The summed E-state index contributed by atoms with van der Waals surface area (Å²) < 4.78 is 0.